The van der Waals surface area contributed by atoms with Gasteiger partial charge in [-0.3, -0.25) is 0 Å². The molecule has 4 heteroatoms. The Morgan fingerprint density at radius 3 is 2.50 bits per heavy atom. The van der Waals surface area contributed by atoms with Gasteiger partial charge in [-0.2, -0.15) is 0 Å². The first kappa shape index (κ1) is 11.3. The molecule has 0 unspecified atom stereocenters. The maximum Gasteiger partial charge on any atom is 0.165 e. The minimum Gasteiger partial charge on any atom is -0.505 e. The van der Waals surface area contributed by atoms with Gasteiger partial charge >= 0.3 is 0 Å². The summed E-state index contributed by atoms with van der Waals surface area (Å²) in [4.78, 5) is 0. The summed E-state index contributed by atoms with van der Waals surface area (Å²) in [6.45, 7) is 1.81. The van der Waals surface area contributed by atoms with Crippen LogP contribution >= 0.6 is 0 Å². The van der Waals surface area contributed by atoms with Crippen LogP contribution in [0, 0.1) is 17.6 Å². The molecule has 2 rings (SSSR count). The molecule has 0 atom stereocenters. The molecule has 1 aliphatic rings. The van der Waals surface area contributed by atoms with Crippen molar-refractivity contribution in [1.82, 2.24) is 5.32 Å². The Balaban J connectivity index is 2.16. The second-order valence-electron chi connectivity index (χ2n) is 4.25. The molecule has 2 N–H and O–H groups in total. The molecule has 0 aliphatic carbocycles. The minimum absolute atomic E-state index is 0.118. The summed E-state index contributed by atoms with van der Waals surface area (Å²) in [6, 6.07) is 2.03. The molecule has 0 spiro atoms. The SMILES string of the molecule is Oc1c(F)ccc(F)c1CC1CCNCC1. The monoisotopic (exact) mass is 227 g/mol. The third-order valence-corrected chi connectivity index (χ3v) is 3.13. The highest BCUT2D eigenvalue weighted by Gasteiger charge is 2.19. The topological polar surface area (TPSA) is 32.3 Å². The quantitative estimate of drug-likeness (QED) is 0.812. The first-order valence-electron chi connectivity index (χ1n) is 5.55. The molecule has 0 aromatic heterocycles. The second kappa shape index (κ2) is 4.78. The van der Waals surface area contributed by atoms with Gasteiger partial charge in [0, 0.05) is 5.56 Å². The number of hydrogen-bond donors (Lipinski definition) is 2. The Hall–Kier alpha value is -1.16. The number of piperidine rings is 1. The third-order valence-electron chi connectivity index (χ3n) is 3.13. The lowest BCUT2D eigenvalue weighted by molar-refractivity contribution is 0.355. The van der Waals surface area contributed by atoms with Crippen LogP contribution in [0.3, 0.4) is 0 Å². The summed E-state index contributed by atoms with van der Waals surface area (Å²) >= 11 is 0. The number of phenolic OH excluding ortho intramolecular Hbond substituents is 1. The van der Waals surface area contributed by atoms with Crippen molar-refractivity contribution < 1.29 is 13.9 Å². The number of aromatic hydroxyl groups is 1. The molecule has 2 nitrogen and oxygen atoms in total. The van der Waals surface area contributed by atoms with Gasteiger partial charge < -0.3 is 10.4 Å². The predicted octanol–water partition coefficient (Wildman–Crippen LogP) is 2.21. The van der Waals surface area contributed by atoms with E-state index < -0.39 is 17.4 Å². The molecule has 16 heavy (non-hydrogen) atoms. The van der Waals surface area contributed by atoms with E-state index in [-0.39, 0.29) is 5.56 Å². The predicted molar refractivity (Wildman–Crippen MR) is 57.3 cm³/mol. The summed E-state index contributed by atoms with van der Waals surface area (Å²) < 4.78 is 26.5. The van der Waals surface area contributed by atoms with Crippen molar-refractivity contribution in [2.45, 2.75) is 19.3 Å². The Kier molecular flexibility index (Phi) is 3.39. The molecule has 0 bridgehead atoms. The molecule has 1 heterocycles. The summed E-state index contributed by atoms with van der Waals surface area (Å²) in [5.41, 5.74) is 0.118. The average molecular weight is 227 g/mol. The first-order chi connectivity index (χ1) is 7.68. The van der Waals surface area contributed by atoms with E-state index in [0.717, 1.165) is 38.1 Å². The van der Waals surface area contributed by atoms with E-state index >= 15 is 0 Å². The van der Waals surface area contributed by atoms with Crippen molar-refractivity contribution in [3.05, 3.63) is 29.3 Å². The lowest BCUT2D eigenvalue weighted by Crippen LogP contribution is -2.28. The van der Waals surface area contributed by atoms with Crippen LogP contribution in [-0.2, 0) is 6.42 Å². The van der Waals surface area contributed by atoms with Gasteiger partial charge in [-0.1, -0.05) is 0 Å². The van der Waals surface area contributed by atoms with E-state index in [1.54, 1.807) is 0 Å². The smallest absolute Gasteiger partial charge is 0.165 e. The van der Waals surface area contributed by atoms with Crippen LogP contribution in [0.25, 0.3) is 0 Å². The molecule has 1 aliphatic heterocycles. The molecule has 0 radical (unpaired) electrons. The summed E-state index contributed by atoms with van der Waals surface area (Å²) in [6.07, 6.45) is 2.29. The molecule has 1 saturated heterocycles. The van der Waals surface area contributed by atoms with E-state index in [9.17, 15) is 13.9 Å². The fourth-order valence-corrected chi connectivity index (χ4v) is 2.15. The van der Waals surface area contributed by atoms with Gasteiger partial charge in [0.2, 0.25) is 0 Å². The van der Waals surface area contributed by atoms with Crippen LogP contribution in [0.1, 0.15) is 18.4 Å². The number of halogens is 2. The van der Waals surface area contributed by atoms with Crippen LogP contribution in [0.15, 0.2) is 12.1 Å². The van der Waals surface area contributed by atoms with E-state index in [2.05, 4.69) is 5.32 Å². The van der Waals surface area contributed by atoms with Crippen molar-refractivity contribution >= 4 is 0 Å². The largest absolute Gasteiger partial charge is 0.505 e. The summed E-state index contributed by atoms with van der Waals surface area (Å²) in [5, 5.41) is 12.7. The fraction of sp³-hybridized carbons (Fsp3) is 0.500. The van der Waals surface area contributed by atoms with Crippen molar-refractivity contribution in [1.29, 1.82) is 0 Å². The van der Waals surface area contributed by atoms with Crippen LogP contribution in [-0.4, -0.2) is 18.2 Å². The normalized spacial score (nSPS) is 17.6. The van der Waals surface area contributed by atoms with Crippen LogP contribution in [0.4, 0.5) is 8.78 Å². The highest BCUT2D eigenvalue weighted by atomic mass is 19.1. The van der Waals surface area contributed by atoms with Crippen LogP contribution in [0.5, 0.6) is 5.75 Å². The van der Waals surface area contributed by atoms with Crippen molar-refractivity contribution in [3.8, 4) is 5.75 Å². The standard InChI is InChI=1S/C12H15F2NO/c13-10-1-2-11(14)12(16)9(10)7-8-3-5-15-6-4-8/h1-2,8,15-16H,3-7H2. The van der Waals surface area contributed by atoms with E-state index in [1.807, 2.05) is 0 Å². The Morgan fingerprint density at radius 1 is 1.19 bits per heavy atom. The van der Waals surface area contributed by atoms with Gasteiger partial charge in [0.1, 0.15) is 5.82 Å². The molecule has 0 amide bonds. The lowest BCUT2D eigenvalue weighted by atomic mass is 9.90. The van der Waals surface area contributed by atoms with Crippen LogP contribution in [0.2, 0.25) is 0 Å². The lowest BCUT2D eigenvalue weighted by Gasteiger charge is -2.23. The van der Waals surface area contributed by atoms with Crippen molar-refractivity contribution in [3.63, 3.8) is 0 Å². The van der Waals surface area contributed by atoms with Gasteiger partial charge in [0.25, 0.3) is 0 Å². The number of benzene rings is 1. The first-order valence-corrected chi connectivity index (χ1v) is 5.55. The van der Waals surface area contributed by atoms with E-state index in [1.165, 1.54) is 0 Å². The highest BCUT2D eigenvalue weighted by Crippen LogP contribution is 2.28. The Morgan fingerprint density at radius 2 is 1.81 bits per heavy atom. The van der Waals surface area contributed by atoms with Gasteiger partial charge in [0.05, 0.1) is 0 Å². The molecular formula is C12H15F2NO. The minimum atomic E-state index is -0.745. The molecule has 1 aromatic rings. The number of phenols is 1. The van der Waals surface area contributed by atoms with Gasteiger partial charge in [-0.15, -0.1) is 0 Å². The maximum absolute atomic E-state index is 13.4. The zero-order valence-corrected chi connectivity index (χ0v) is 8.97. The van der Waals surface area contributed by atoms with Gasteiger partial charge in [0.15, 0.2) is 11.6 Å². The average Bonchev–Trinajstić information content (AvgIpc) is 2.31. The number of hydrogen-bond acceptors (Lipinski definition) is 2. The molecule has 88 valence electrons. The zero-order chi connectivity index (χ0) is 11.5. The number of nitrogens with one attached hydrogen (secondary N) is 1. The van der Waals surface area contributed by atoms with E-state index in [4.69, 9.17) is 0 Å². The van der Waals surface area contributed by atoms with Crippen LogP contribution < -0.4 is 5.32 Å². The van der Waals surface area contributed by atoms with E-state index in [0.29, 0.717) is 12.3 Å². The molecule has 0 saturated carbocycles. The zero-order valence-electron chi connectivity index (χ0n) is 8.97. The number of rotatable bonds is 2. The third kappa shape index (κ3) is 2.32. The Labute approximate surface area is 93.3 Å². The van der Waals surface area contributed by atoms with Gasteiger partial charge in [-0.05, 0) is 50.4 Å². The van der Waals surface area contributed by atoms with Crippen molar-refractivity contribution in [2.24, 2.45) is 5.92 Å². The highest BCUT2D eigenvalue weighted by molar-refractivity contribution is 5.35. The van der Waals surface area contributed by atoms with Crippen molar-refractivity contribution in [2.75, 3.05) is 13.1 Å². The fourth-order valence-electron chi connectivity index (χ4n) is 2.15. The second-order valence-corrected chi connectivity index (χ2v) is 4.25. The molecular weight excluding hydrogens is 212 g/mol. The summed E-state index contributed by atoms with van der Waals surface area (Å²) in [7, 11) is 0. The molecule has 1 aromatic carbocycles. The molecule has 1 fully saturated rings. The summed E-state index contributed by atoms with van der Waals surface area (Å²) in [5.74, 6) is -1.47. The maximum atomic E-state index is 13.4. The Bertz CT molecular complexity index is 376. The van der Waals surface area contributed by atoms with Gasteiger partial charge in [-0.25, -0.2) is 8.78 Å².